The van der Waals surface area contributed by atoms with Crippen molar-refractivity contribution in [3.8, 4) is 5.69 Å². The minimum absolute atomic E-state index is 0. The molecule has 1 aromatic carbocycles. The summed E-state index contributed by atoms with van der Waals surface area (Å²) in [4.78, 5) is 12.0. The van der Waals surface area contributed by atoms with E-state index >= 15 is 0 Å². The number of hydrogen-bond donors (Lipinski definition) is 2. The molecule has 1 amide bonds. The molecule has 0 spiro atoms. The van der Waals surface area contributed by atoms with E-state index in [0.29, 0.717) is 25.5 Å². The van der Waals surface area contributed by atoms with Crippen molar-refractivity contribution in [2.45, 2.75) is 12.5 Å². The highest BCUT2D eigenvalue weighted by Gasteiger charge is 2.17. The minimum Gasteiger partial charge on any atom is -0.378 e. The van der Waals surface area contributed by atoms with E-state index in [1.54, 1.807) is 10.7 Å². The Hall–Kier alpha value is -1.89. The third-order valence-electron chi connectivity index (χ3n) is 3.31. The van der Waals surface area contributed by atoms with Crippen molar-refractivity contribution in [2.75, 3.05) is 25.1 Å². The maximum Gasteiger partial charge on any atom is 0.227 e. The van der Waals surface area contributed by atoms with Gasteiger partial charge >= 0.3 is 0 Å². The van der Waals surface area contributed by atoms with Crippen LogP contribution in [0, 0.1) is 0 Å². The molecular formula is C15H19ClN4O2. The number of amides is 1. The Bertz CT molecular complexity index is 597. The largest absolute Gasteiger partial charge is 0.378 e. The molecule has 1 atom stereocenters. The van der Waals surface area contributed by atoms with E-state index in [0.717, 1.165) is 12.2 Å². The van der Waals surface area contributed by atoms with Crippen LogP contribution in [0.3, 0.4) is 0 Å². The van der Waals surface area contributed by atoms with E-state index in [9.17, 15) is 4.79 Å². The van der Waals surface area contributed by atoms with Gasteiger partial charge in [0.2, 0.25) is 5.91 Å². The van der Waals surface area contributed by atoms with Crippen LogP contribution in [0.25, 0.3) is 5.69 Å². The summed E-state index contributed by atoms with van der Waals surface area (Å²) in [6, 6.07) is 11.6. The average Bonchev–Trinajstić information content (AvgIpc) is 2.97. The van der Waals surface area contributed by atoms with Crippen molar-refractivity contribution in [2.24, 2.45) is 0 Å². The molecule has 1 fully saturated rings. The molecule has 1 aliphatic rings. The van der Waals surface area contributed by atoms with Crippen LogP contribution in [-0.4, -0.2) is 41.5 Å². The number of ether oxygens (including phenoxy) is 1. The first kappa shape index (κ1) is 16.5. The minimum atomic E-state index is -0.0590. The number of halogens is 1. The topological polar surface area (TPSA) is 68.2 Å². The van der Waals surface area contributed by atoms with Crippen LogP contribution in [0.15, 0.2) is 42.6 Å². The standard InChI is InChI=1S/C15H18N4O2.ClH/c20-15(10-12-11-21-9-7-16-12)17-14-6-8-19(18-14)13-4-2-1-3-5-13;/h1-6,8,12,16H,7,9-11H2,(H,17,18,20);1H. The van der Waals surface area contributed by atoms with E-state index in [4.69, 9.17) is 4.74 Å². The average molecular weight is 323 g/mol. The first-order chi connectivity index (χ1) is 10.3. The van der Waals surface area contributed by atoms with Gasteiger partial charge in [0.25, 0.3) is 0 Å². The molecule has 1 unspecified atom stereocenters. The monoisotopic (exact) mass is 322 g/mol. The number of hydrogen-bond acceptors (Lipinski definition) is 4. The Morgan fingerprint density at radius 3 is 2.91 bits per heavy atom. The van der Waals surface area contributed by atoms with E-state index < -0.39 is 0 Å². The van der Waals surface area contributed by atoms with Gasteiger partial charge < -0.3 is 15.4 Å². The van der Waals surface area contributed by atoms with Gasteiger partial charge in [-0.1, -0.05) is 18.2 Å². The molecule has 6 nitrogen and oxygen atoms in total. The summed E-state index contributed by atoms with van der Waals surface area (Å²) in [5.41, 5.74) is 0.959. The van der Waals surface area contributed by atoms with Crippen molar-refractivity contribution in [1.29, 1.82) is 0 Å². The predicted octanol–water partition coefficient (Wildman–Crippen LogP) is 1.61. The lowest BCUT2D eigenvalue weighted by molar-refractivity contribution is -0.117. The van der Waals surface area contributed by atoms with E-state index in [1.165, 1.54) is 0 Å². The smallest absolute Gasteiger partial charge is 0.227 e. The second-order valence-electron chi connectivity index (χ2n) is 4.96. The quantitative estimate of drug-likeness (QED) is 0.897. The fraction of sp³-hybridized carbons (Fsp3) is 0.333. The van der Waals surface area contributed by atoms with Crippen molar-refractivity contribution in [1.82, 2.24) is 15.1 Å². The Balaban J connectivity index is 0.00000176. The fourth-order valence-corrected chi connectivity index (χ4v) is 2.28. The van der Waals surface area contributed by atoms with Crippen LogP contribution in [0.5, 0.6) is 0 Å². The molecule has 2 heterocycles. The molecule has 22 heavy (non-hydrogen) atoms. The summed E-state index contributed by atoms with van der Waals surface area (Å²) in [5.74, 6) is 0.497. The van der Waals surface area contributed by atoms with Gasteiger partial charge in [-0.2, -0.15) is 5.10 Å². The zero-order valence-corrected chi connectivity index (χ0v) is 12.9. The fourth-order valence-electron chi connectivity index (χ4n) is 2.28. The van der Waals surface area contributed by atoms with Crippen LogP contribution in [0.1, 0.15) is 6.42 Å². The maximum atomic E-state index is 12.0. The molecule has 2 aromatic rings. The molecule has 0 aliphatic carbocycles. The van der Waals surface area contributed by atoms with Crippen molar-refractivity contribution < 1.29 is 9.53 Å². The Morgan fingerprint density at radius 1 is 1.36 bits per heavy atom. The summed E-state index contributed by atoms with van der Waals surface area (Å²) in [6.45, 7) is 2.08. The summed E-state index contributed by atoms with van der Waals surface area (Å²) in [7, 11) is 0. The van der Waals surface area contributed by atoms with Crippen LogP contribution in [-0.2, 0) is 9.53 Å². The van der Waals surface area contributed by atoms with Crippen LogP contribution < -0.4 is 10.6 Å². The molecule has 7 heteroatoms. The lowest BCUT2D eigenvalue weighted by Gasteiger charge is -2.22. The summed E-state index contributed by atoms with van der Waals surface area (Å²) >= 11 is 0. The van der Waals surface area contributed by atoms with E-state index in [-0.39, 0.29) is 24.4 Å². The summed E-state index contributed by atoms with van der Waals surface area (Å²) in [5, 5.41) is 10.4. The molecule has 3 rings (SSSR count). The van der Waals surface area contributed by atoms with Crippen LogP contribution in [0.4, 0.5) is 5.82 Å². The van der Waals surface area contributed by atoms with Gasteiger partial charge in [-0.3, -0.25) is 4.79 Å². The second-order valence-corrected chi connectivity index (χ2v) is 4.96. The molecular weight excluding hydrogens is 304 g/mol. The van der Waals surface area contributed by atoms with E-state index in [1.807, 2.05) is 36.5 Å². The van der Waals surface area contributed by atoms with Gasteiger partial charge in [-0.05, 0) is 12.1 Å². The molecule has 1 saturated heterocycles. The third-order valence-corrected chi connectivity index (χ3v) is 3.31. The lowest BCUT2D eigenvalue weighted by atomic mass is 10.2. The normalized spacial score (nSPS) is 17.5. The molecule has 118 valence electrons. The molecule has 2 N–H and O–H groups in total. The maximum absolute atomic E-state index is 12.0. The van der Waals surface area contributed by atoms with Gasteiger partial charge in [0.05, 0.1) is 18.9 Å². The number of carbonyl (C=O) groups excluding carboxylic acids is 1. The SMILES string of the molecule is Cl.O=C(CC1COCCN1)Nc1ccn(-c2ccccc2)n1. The van der Waals surface area contributed by atoms with E-state index in [2.05, 4.69) is 15.7 Å². The Morgan fingerprint density at radius 2 is 2.18 bits per heavy atom. The summed E-state index contributed by atoms with van der Waals surface area (Å²) in [6.07, 6.45) is 2.21. The number of aromatic nitrogens is 2. The molecule has 1 aromatic heterocycles. The van der Waals surface area contributed by atoms with Gasteiger partial charge in [0.15, 0.2) is 5.82 Å². The zero-order valence-electron chi connectivity index (χ0n) is 12.1. The van der Waals surface area contributed by atoms with Crippen LogP contribution >= 0.6 is 12.4 Å². The van der Waals surface area contributed by atoms with Crippen molar-refractivity contribution in [3.05, 3.63) is 42.6 Å². The molecule has 0 radical (unpaired) electrons. The Labute approximate surface area is 135 Å². The lowest BCUT2D eigenvalue weighted by Crippen LogP contribution is -2.43. The highest BCUT2D eigenvalue weighted by atomic mass is 35.5. The van der Waals surface area contributed by atoms with Gasteiger partial charge in [-0.15, -0.1) is 12.4 Å². The number of para-hydroxylation sites is 1. The number of anilines is 1. The van der Waals surface area contributed by atoms with Crippen molar-refractivity contribution >= 4 is 24.1 Å². The number of morpholine rings is 1. The number of nitrogens with one attached hydrogen (secondary N) is 2. The molecule has 1 aliphatic heterocycles. The first-order valence-corrected chi connectivity index (χ1v) is 7.03. The number of nitrogens with zero attached hydrogens (tertiary/aromatic N) is 2. The molecule has 0 bridgehead atoms. The molecule has 0 saturated carbocycles. The highest BCUT2D eigenvalue weighted by molar-refractivity contribution is 5.90. The third kappa shape index (κ3) is 4.30. The van der Waals surface area contributed by atoms with Crippen molar-refractivity contribution in [3.63, 3.8) is 0 Å². The predicted molar refractivity (Wildman–Crippen MR) is 86.7 cm³/mol. The number of carbonyl (C=O) groups is 1. The Kier molecular flexibility index (Phi) is 5.94. The second kappa shape index (κ2) is 7.93. The van der Waals surface area contributed by atoms with Gasteiger partial charge in [-0.25, -0.2) is 4.68 Å². The van der Waals surface area contributed by atoms with Crippen LogP contribution in [0.2, 0.25) is 0 Å². The first-order valence-electron chi connectivity index (χ1n) is 7.03. The highest BCUT2D eigenvalue weighted by Crippen LogP contribution is 2.10. The summed E-state index contributed by atoms with van der Waals surface area (Å²) < 4.78 is 7.07. The van der Waals surface area contributed by atoms with Gasteiger partial charge in [0, 0.05) is 31.3 Å². The number of rotatable bonds is 4. The number of benzene rings is 1. The zero-order chi connectivity index (χ0) is 14.5. The van der Waals surface area contributed by atoms with Gasteiger partial charge in [0.1, 0.15) is 0 Å².